The SMILES string of the molecule is Cc1ccccc1C(=O)Nc1cccc(NC(=S)NC(=O)c2cccc3ccccc23)c1. The number of carbonyl (C=O) groups is 2. The minimum absolute atomic E-state index is 0.172. The summed E-state index contributed by atoms with van der Waals surface area (Å²) in [5, 5.41) is 10.6. The van der Waals surface area contributed by atoms with E-state index in [-0.39, 0.29) is 16.9 Å². The summed E-state index contributed by atoms with van der Waals surface area (Å²) in [7, 11) is 0. The van der Waals surface area contributed by atoms with Crippen molar-refractivity contribution in [2.75, 3.05) is 10.6 Å². The summed E-state index contributed by atoms with van der Waals surface area (Å²) in [5.74, 6) is -0.476. The molecule has 0 fully saturated rings. The third-order valence-electron chi connectivity index (χ3n) is 5.03. The maximum atomic E-state index is 12.8. The third kappa shape index (κ3) is 4.82. The van der Waals surface area contributed by atoms with Crippen molar-refractivity contribution in [3.05, 3.63) is 108 Å². The first-order chi connectivity index (χ1) is 15.5. The van der Waals surface area contributed by atoms with Crippen molar-refractivity contribution in [3.63, 3.8) is 0 Å². The van der Waals surface area contributed by atoms with Gasteiger partial charge in [-0.3, -0.25) is 14.9 Å². The second-order valence-corrected chi connectivity index (χ2v) is 7.69. The molecule has 0 unspecified atom stereocenters. The predicted octanol–water partition coefficient (Wildman–Crippen LogP) is 5.53. The number of hydrogen-bond donors (Lipinski definition) is 3. The zero-order chi connectivity index (χ0) is 22.5. The van der Waals surface area contributed by atoms with Gasteiger partial charge in [-0.2, -0.15) is 0 Å². The second kappa shape index (κ2) is 9.41. The molecule has 0 atom stereocenters. The van der Waals surface area contributed by atoms with Crippen LogP contribution in [0.5, 0.6) is 0 Å². The van der Waals surface area contributed by atoms with E-state index in [1.54, 1.807) is 36.4 Å². The molecule has 4 rings (SSSR count). The smallest absolute Gasteiger partial charge is 0.258 e. The van der Waals surface area contributed by atoms with Crippen LogP contribution in [0, 0.1) is 6.92 Å². The second-order valence-electron chi connectivity index (χ2n) is 7.28. The molecule has 0 radical (unpaired) electrons. The average molecular weight is 440 g/mol. The predicted molar refractivity (Wildman–Crippen MR) is 133 cm³/mol. The van der Waals surface area contributed by atoms with E-state index in [4.69, 9.17) is 12.2 Å². The van der Waals surface area contributed by atoms with Crippen molar-refractivity contribution < 1.29 is 9.59 Å². The van der Waals surface area contributed by atoms with Crippen LogP contribution in [-0.2, 0) is 0 Å². The Kier molecular flexibility index (Phi) is 6.24. The molecule has 0 heterocycles. The molecular weight excluding hydrogens is 418 g/mol. The number of amides is 2. The van der Waals surface area contributed by atoms with Gasteiger partial charge in [0, 0.05) is 22.5 Å². The number of benzene rings is 4. The zero-order valence-corrected chi connectivity index (χ0v) is 18.2. The van der Waals surface area contributed by atoms with Crippen LogP contribution >= 0.6 is 12.2 Å². The maximum absolute atomic E-state index is 12.8. The van der Waals surface area contributed by atoms with Crippen LogP contribution in [0.25, 0.3) is 10.8 Å². The van der Waals surface area contributed by atoms with Gasteiger partial charge in [-0.05, 0) is 65.8 Å². The number of anilines is 2. The first-order valence-electron chi connectivity index (χ1n) is 10.1. The Bertz CT molecular complexity index is 1330. The molecule has 0 aliphatic rings. The number of hydrogen-bond acceptors (Lipinski definition) is 3. The number of aryl methyl sites for hydroxylation is 1. The van der Waals surface area contributed by atoms with Crippen molar-refractivity contribution in [3.8, 4) is 0 Å². The normalized spacial score (nSPS) is 10.4. The van der Waals surface area contributed by atoms with E-state index in [2.05, 4.69) is 16.0 Å². The highest BCUT2D eigenvalue weighted by Gasteiger charge is 2.12. The summed E-state index contributed by atoms with van der Waals surface area (Å²) in [6, 6.07) is 27.8. The van der Waals surface area contributed by atoms with Crippen LogP contribution in [0.15, 0.2) is 91.0 Å². The van der Waals surface area contributed by atoms with Crippen LogP contribution in [0.2, 0.25) is 0 Å². The Balaban J connectivity index is 1.43. The minimum atomic E-state index is -0.289. The third-order valence-corrected chi connectivity index (χ3v) is 5.23. The van der Waals surface area contributed by atoms with Gasteiger partial charge in [-0.25, -0.2) is 0 Å². The molecule has 158 valence electrons. The first kappa shape index (κ1) is 21.2. The van der Waals surface area contributed by atoms with Gasteiger partial charge in [-0.1, -0.05) is 60.7 Å². The van der Waals surface area contributed by atoms with E-state index in [9.17, 15) is 9.59 Å². The van der Waals surface area contributed by atoms with E-state index in [0.717, 1.165) is 16.3 Å². The van der Waals surface area contributed by atoms with Gasteiger partial charge in [0.15, 0.2) is 5.11 Å². The van der Waals surface area contributed by atoms with E-state index in [0.29, 0.717) is 22.5 Å². The molecule has 0 spiro atoms. The van der Waals surface area contributed by atoms with E-state index < -0.39 is 0 Å². The van der Waals surface area contributed by atoms with Gasteiger partial charge in [0.25, 0.3) is 11.8 Å². The molecule has 2 amide bonds. The molecule has 0 saturated carbocycles. The Morgan fingerprint density at radius 3 is 2.12 bits per heavy atom. The van der Waals surface area contributed by atoms with Crippen LogP contribution in [-0.4, -0.2) is 16.9 Å². The summed E-state index contributed by atoms with van der Waals surface area (Å²) in [4.78, 5) is 25.3. The zero-order valence-electron chi connectivity index (χ0n) is 17.4. The van der Waals surface area contributed by atoms with Crippen LogP contribution in [0.3, 0.4) is 0 Å². The van der Waals surface area contributed by atoms with Gasteiger partial charge in [-0.15, -0.1) is 0 Å². The molecule has 0 aromatic heterocycles. The highest BCUT2D eigenvalue weighted by molar-refractivity contribution is 7.80. The monoisotopic (exact) mass is 439 g/mol. The average Bonchev–Trinajstić information content (AvgIpc) is 2.79. The number of fused-ring (bicyclic) bond motifs is 1. The summed E-state index contributed by atoms with van der Waals surface area (Å²) >= 11 is 5.33. The quantitative estimate of drug-likeness (QED) is 0.366. The highest BCUT2D eigenvalue weighted by Crippen LogP contribution is 2.19. The molecule has 3 N–H and O–H groups in total. The van der Waals surface area contributed by atoms with Crippen molar-refractivity contribution in [2.24, 2.45) is 0 Å². The van der Waals surface area contributed by atoms with Crippen molar-refractivity contribution in [1.29, 1.82) is 0 Å². The molecule has 4 aromatic rings. The van der Waals surface area contributed by atoms with Gasteiger partial charge in [0.05, 0.1) is 0 Å². The maximum Gasteiger partial charge on any atom is 0.258 e. The van der Waals surface area contributed by atoms with E-state index >= 15 is 0 Å². The van der Waals surface area contributed by atoms with Crippen molar-refractivity contribution >= 4 is 51.3 Å². The summed E-state index contributed by atoms with van der Waals surface area (Å²) in [6.45, 7) is 1.89. The Labute approximate surface area is 191 Å². The largest absolute Gasteiger partial charge is 0.332 e. The topological polar surface area (TPSA) is 70.2 Å². The Morgan fingerprint density at radius 1 is 0.688 bits per heavy atom. The molecule has 0 saturated heterocycles. The highest BCUT2D eigenvalue weighted by atomic mass is 32.1. The fourth-order valence-electron chi connectivity index (χ4n) is 3.46. The molecule has 0 aliphatic heterocycles. The fraction of sp³-hybridized carbons (Fsp3) is 0.0385. The molecule has 0 bridgehead atoms. The Hall–Kier alpha value is -4.03. The summed E-state index contributed by atoms with van der Waals surface area (Å²) in [6.07, 6.45) is 0. The van der Waals surface area contributed by atoms with Crippen molar-refractivity contribution in [2.45, 2.75) is 6.92 Å². The fourth-order valence-corrected chi connectivity index (χ4v) is 3.67. The standard InChI is InChI=1S/C26H21N3O2S/c1-17-8-2-4-13-21(17)24(30)27-19-11-7-12-20(16-19)28-26(32)29-25(31)23-15-6-10-18-9-3-5-14-22(18)23/h2-16H,1H3,(H,27,30)(H2,28,29,31,32). The van der Waals surface area contributed by atoms with Crippen LogP contribution in [0.4, 0.5) is 11.4 Å². The van der Waals surface area contributed by atoms with Gasteiger partial charge >= 0.3 is 0 Å². The van der Waals surface area contributed by atoms with Gasteiger partial charge < -0.3 is 10.6 Å². The van der Waals surface area contributed by atoms with E-state index in [1.807, 2.05) is 61.5 Å². The summed E-state index contributed by atoms with van der Waals surface area (Å²) in [5.41, 5.74) is 3.33. The lowest BCUT2D eigenvalue weighted by Gasteiger charge is -2.13. The lowest BCUT2D eigenvalue weighted by atomic mass is 10.0. The molecule has 0 aliphatic carbocycles. The van der Waals surface area contributed by atoms with Gasteiger partial charge in [0.2, 0.25) is 0 Å². The number of rotatable bonds is 4. The first-order valence-corrected chi connectivity index (χ1v) is 10.5. The van der Waals surface area contributed by atoms with Crippen LogP contribution < -0.4 is 16.0 Å². The molecule has 4 aromatic carbocycles. The van der Waals surface area contributed by atoms with Crippen molar-refractivity contribution in [1.82, 2.24) is 5.32 Å². The number of carbonyl (C=O) groups excluding carboxylic acids is 2. The summed E-state index contributed by atoms with van der Waals surface area (Å²) < 4.78 is 0. The molecule has 32 heavy (non-hydrogen) atoms. The minimum Gasteiger partial charge on any atom is -0.332 e. The lowest BCUT2D eigenvalue weighted by Crippen LogP contribution is -2.34. The molecule has 6 heteroatoms. The van der Waals surface area contributed by atoms with Gasteiger partial charge in [0.1, 0.15) is 0 Å². The van der Waals surface area contributed by atoms with Crippen LogP contribution in [0.1, 0.15) is 26.3 Å². The lowest BCUT2D eigenvalue weighted by molar-refractivity contribution is 0.0978. The Morgan fingerprint density at radius 2 is 1.31 bits per heavy atom. The molecular formula is C26H21N3O2S. The van der Waals surface area contributed by atoms with E-state index in [1.165, 1.54) is 0 Å². The number of nitrogens with one attached hydrogen (secondary N) is 3. The number of thiocarbonyl (C=S) groups is 1. The molecule has 5 nitrogen and oxygen atoms in total.